The van der Waals surface area contributed by atoms with Gasteiger partial charge in [0.1, 0.15) is 11.5 Å². The number of rotatable bonds is 8. The van der Waals surface area contributed by atoms with E-state index in [-0.39, 0.29) is 17.7 Å². The Kier molecular flexibility index (Phi) is 6.60. The van der Waals surface area contributed by atoms with Crippen LogP contribution in [0.25, 0.3) is 17.1 Å². The largest absolute Gasteiger partial charge is 0.497 e. The van der Waals surface area contributed by atoms with Crippen molar-refractivity contribution in [3.63, 3.8) is 0 Å². The predicted molar refractivity (Wildman–Crippen MR) is 120 cm³/mol. The second kappa shape index (κ2) is 9.73. The average molecular weight is 454 g/mol. The van der Waals surface area contributed by atoms with E-state index in [2.05, 4.69) is 15.5 Å². The van der Waals surface area contributed by atoms with E-state index in [0.717, 1.165) is 22.7 Å². The molecule has 1 N–H and O–H groups in total. The number of hydrogen-bond donors (Lipinski definition) is 1. The molecule has 1 aliphatic heterocycles. The van der Waals surface area contributed by atoms with Crippen molar-refractivity contribution in [2.45, 2.75) is 12.1 Å². The number of urea groups is 1. The molecular formula is C22H23N5O4S. The van der Waals surface area contributed by atoms with E-state index >= 15 is 0 Å². The summed E-state index contributed by atoms with van der Waals surface area (Å²) in [6.45, 7) is 3.36. The Morgan fingerprint density at radius 1 is 1.09 bits per heavy atom. The quantitative estimate of drug-likeness (QED) is 0.524. The number of methoxy groups -OCH3 is 1. The van der Waals surface area contributed by atoms with Crippen molar-refractivity contribution < 1.29 is 19.1 Å². The highest BCUT2D eigenvalue weighted by molar-refractivity contribution is 7.99. The van der Waals surface area contributed by atoms with Crippen LogP contribution in [-0.2, 0) is 4.79 Å². The smallest absolute Gasteiger partial charge is 0.324 e. The molecule has 2 heterocycles. The topological polar surface area (TPSA) is 98.6 Å². The van der Waals surface area contributed by atoms with Gasteiger partial charge in [0.15, 0.2) is 11.0 Å². The molecule has 1 aliphatic rings. The van der Waals surface area contributed by atoms with Crippen molar-refractivity contribution >= 4 is 23.7 Å². The zero-order valence-corrected chi connectivity index (χ0v) is 18.6. The number of amides is 3. The highest BCUT2D eigenvalue weighted by Crippen LogP contribution is 2.30. The number of carbonyl (C=O) groups excluding carboxylic acids is 2. The van der Waals surface area contributed by atoms with E-state index in [0.29, 0.717) is 30.7 Å². The Balaban J connectivity index is 1.65. The lowest BCUT2D eigenvalue weighted by Gasteiger charge is -2.13. The summed E-state index contributed by atoms with van der Waals surface area (Å²) in [5, 5.41) is 11.9. The van der Waals surface area contributed by atoms with Crippen LogP contribution in [0.15, 0.2) is 53.7 Å². The van der Waals surface area contributed by atoms with Crippen molar-refractivity contribution in [2.75, 3.05) is 32.6 Å². The zero-order chi connectivity index (χ0) is 22.5. The molecular weight excluding hydrogens is 430 g/mol. The molecule has 0 saturated carbocycles. The minimum Gasteiger partial charge on any atom is -0.497 e. The highest BCUT2D eigenvalue weighted by Gasteiger charge is 2.27. The summed E-state index contributed by atoms with van der Waals surface area (Å²) in [7, 11) is 1.61. The van der Waals surface area contributed by atoms with E-state index in [4.69, 9.17) is 9.47 Å². The number of ether oxygens (including phenoxy) is 2. The van der Waals surface area contributed by atoms with Crippen LogP contribution in [0.2, 0.25) is 0 Å². The lowest BCUT2D eigenvalue weighted by atomic mass is 10.2. The number of thioether (sulfide) groups is 1. The molecule has 166 valence electrons. The lowest BCUT2D eigenvalue weighted by molar-refractivity contribution is -0.124. The Bertz CT molecular complexity index is 1100. The normalized spacial score (nSPS) is 13.2. The number of nitrogens with one attached hydrogen (secondary N) is 1. The standard InChI is InChI=1S/C22H23N5O4S/c1-3-31-18-10-6-16(7-11-18)27-20(15-4-8-17(30-2)9-5-15)24-25-22(27)32-14-19(28)26-13-12-23-21(26)29/h4-11H,3,12-14H2,1-2H3,(H,23,29). The number of benzene rings is 2. The molecule has 3 amide bonds. The summed E-state index contributed by atoms with van der Waals surface area (Å²) in [5.41, 5.74) is 1.68. The molecule has 0 aliphatic carbocycles. The summed E-state index contributed by atoms with van der Waals surface area (Å²) in [6.07, 6.45) is 0. The average Bonchev–Trinajstić information content (AvgIpc) is 3.44. The highest BCUT2D eigenvalue weighted by atomic mass is 32.2. The molecule has 0 unspecified atom stereocenters. The second-order valence-corrected chi connectivity index (χ2v) is 7.81. The Labute approximate surface area is 189 Å². The summed E-state index contributed by atoms with van der Waals surface area (Å²) < 4.78 is 12.7. The number of nitrogens with zero attached hydrogens (tertiary/aromatic N) is 4. The maximum absolute atomic E-state index is 12.5. The van der Waals surface area contributed by atoms with E-state index in [1.165, 1.54) is 16.7 Å². The monoisotopic (exact) mass is 453 g/mol. The number of hydrogen-bond acceptors (Lipinski definition) is 7. The molecule has 4 rings (SSSR count). The van der Waals surface area contributed by atoms with Gasteiger partial charge < -0.3 is 14.8 Å². The Hall–Kier alpha value is -3.53. The fourth-order valence-electron chi connectivity index (χ4n) is 3.30. The van der Waals surface area contributed by atoms with Crippen LogP contribution in [-0.4, -0.2) is 64.2 Å². The van der Waals surface area contributed by atoms with Gasteiger partial charge in [-0.1, -0.05) is 11.8 Å². The van der Waals surface area contributed by atoms with Crippen LogP contribution in [0.1, 0.15) is 6.92 Å². The number of imide groups is 1. The molecule has 0 spiro atoms. The first-order valence-electron chi connectivity index (χ1n) is 10.1. The van der Waals surface area contributed by atoms with E-state index in [9.17, 15) is 9.59 Å². The minimum atomic E-state index is -0.359. The van der Waals surface area contributed by atoms with Crippen LogP contribution in [0, 0.1) is 0 Å². The van der Waals surface area contributed by atoms with Gasteiger partial charge >= 0.3 is 6.03 Å². The summed E-state index contributed by atoms with van der Waals surface area (Å²) in [6, 6.07) is 14.8. The fraction of sp³-hybridized carbons (Fsp3) is 0.273. The molecule has 0 atom stereocenters. The molecule has 3 aromatic rings. The molecule has 9 nitrogen and oxygen atoms in total. The molecule has 1 saturated heterocycles. The molecule has 2 aromatic carbocycles. The fourth-order valence-corrected chi connectivity index (χ4v) is 4.12. The van der Waals surface area contributed by atoms with Gasteiger partial charge in [-0.25, -0.2) is 4.79 Å². The molecule has 0 radical (unpaired) electrons. The number of aromatic nitrogens is 3. The first-order valence-corrected chi connectivity index (χ1v) is 11.1. The third-order valence-electron chi connectivity index (χ3n) is 4.87. The van der Waals surface area contributed by atoms with Crippen LogP contribution in [0.4, 0.5) is 4.79 Å². The van der Waals surface area contributed by atoms with Gasteiger partial charge in [0, 0.05) is 24.3 Å². The maximum Gasteiger partial charge on any atom is 0.324 e. The SMILES string of the molecule is CCOc1ccc(-n2c(SCC(=O)N3CCNC3=O)nnc2-c2ccc(OC)cc2)cc1. The van der Waals surface area contributed by atoms with Gasteiger partial charge in [-0.3, -0.25) is 14.3 Å². The first-order chi connectivity index (χ1) is 15.6. The third-order valence-corrected chi connectivity index (χ3v) is 5.78. The van der Waals surface area contributed by atoms with Gasteiger partial charge in [0.25, 0.3) is 0 Å². The Morgan fingerprint density at radius 2 is 1.81 bits per heavy atom. The summed E-state index contributed by atoms with van der Waals surface area (Å²) >= 11 is 1.24. The molecule has 1 aromatic heterocycles. The zero-order valence-electron chi connectivity index (χ0n) is 17.8. The van der Waals surface area contributed by atoms with Crippen LogP contribution < -0.4 is 14.8 Å². The molecule has 1 fully saturated rings. The third kappa shape index (κ3) is 4.54. The van der Waals surface area contributed by atoms with Gasteiger partial charge in [0.2, 0.25) is 5.91 Å². The number of carbonyl (C=O) groups is 2. The van der Waals surface area contributed by atoms with E-state index < -0.39 is 0 Å². The Morgan fingerprint density at radius 3 is 2.44 bits per heavy atom. The lowest BCUT2D eigenvalue weighted by Crippen LogP contribution is -2.35. The molecule has 10 heteroatoms. The second-order valence-electron chi connectivity index (χ2n) is 6.86. The van der Waals surface area contributed by atoms with E-state index in [1.54, 1.807) is 7.11 Å². The first kappa shape index (κ1) is 21.7. The van der Waals surface area contributed by atoms with Crippen LogP contribution in [0.3, 0.4) is 0 Å². The van der Waals surface area contributed by atoms with Crippen molar-refractivity contribution in [3.8, 4) is 28.6 Å². The maximum atomic E-state index is 12.5. The molecule has 32 heavy (non-hydrogen) atoms. The van der Waals surface area contributed by atoms with Crippen LogP contribution in [0.5, 0.6) is 11.5 Å². The van der Waals surface area contributed by atoms with Crippen molar-refractivity contribution in [1.82, 2.24) is 25.0 Å². The van der Waals surface area contributed by atoms with Crippen LogP contribution >= 0.6 is 11.8 Å². The van der Waals surface area contributed by atoms with Gasteiger partial charge in [0.05, 0.1) is 19.5 Å². The van der Waals surface area contributed by atoms with Gasteiger partial charge in [-0.2, -0.15) is 0 Å². The minimum absolute atomic E-state index is 0.0746. The van der Waals surface area contributed by atoms with Gasteiger partial charge in [-0.05, 0) is 55.5 Å². The van der Waals surface area contributed by atoms with Crippen molar-refractivity contribution in [1.29, 1.82) is 0 Å². The van der Waals surface area contributed by atoms with Crippen molar-refractivity contribution in [3.05, 3.63) is 48.5 Å². The summed E-state index contributed by atoms with van der Waals surface area (Å²) in [5.74, 6) is 1.94. The predicted octanol–water partition coefficient (Wildman–Crippen LogP) is 2.99. The van der Waals surface area contributed by atoms with Gasteiger partial charge in [-0.15, -0.1) is 10.2 Å². The summed E-state index contributed by atoms with van der Waals surface area (Å²) in [4.78, 5) is 25.5. The molecule has 0 bridgehead atoms. The van der Waals surface area contributed by atoms with E-state index in [1.807, 2.05) is 60.0 Å². The van der Waals surface area contributed by atoms with Crippen molar-refractivity contribution in [2.24, 2.45) is 0 Å².